The first-order chi connectivity index (χ1) is 8.09. The number of halogens is 1. The second-order valence-electron chi connectivity index (χ2n) is 3.96. The first-order valence-corrected chi connectivity index (χ1v) is 6.06. The zero-order valence-electron chi connectivity index (χ0n) is 8.93. The third-order valence-corrected chi connectivity index (χ3v) is 3.60. The highest BCUT2D eigenvalue weighted by Gasteiger charge is 2.38. The Morgan fingerprint density at radius 1 is 1.41 bits per heavy atom. The molecule has 1 aliphatic heterocycles. The molecule has 1 N–H and O–H groups in total. The van der Waals surface area contributed by atoms with Crippen molar-refractivity contribution in [3.8, 4) is 0 Å². The minimum absolute atomic E-state index is 0.135. The van der Waals surface area contributed by atoms with E-state index in [0.29, 0.717) is 0 Å². The van der Waals surface area contributed by atoms with Gasteiger partial charge in [-0.25, -0.2) is 0 Å². The van der Waals surface area contributed by atoms with Gasteiger partial charge in [-0.1, -0.05) is 34.1 Å². The van der Waals surface area contributed by atoms with Crippen molar-refractivity contribution in [3.05, 3.63) is 44.4 Å². The third kappa shape index (κ3) is 2.46. The van der Waals surface area contributed by atoms with Crippen LogP contribution >= 0.6 is 15.9 Å². The molecule has 1 saturated heterocycles. The molecule has 0 aromatic heterocycles. The van der Waals surface area contributed by atoms with Gasteiger partial charge < -0.3 is 5.32 Å². The van der Waals surface area contributed by atoms with Gasteiger partial charge in [-0.15, -0.1) is 0 Å². The molecule has 1 amide bonds. The molecule has 1 heterocycles. The number of piperidine rings is 1. The lowest BCUT2D eigenvalue weighted by molar-refractivity contribution is -0.529. The van der Waals surface area contributed by atoms with E-state index in [2.05, 4.69) is 21.2 Å². The van der Waals surface area contributed by atoms with E-state index in [1.165, 1.54) is 0 Å². The number of carbonyl (C=O) groups is 1. The van der Waals surface area contributed by atoms with Crippen LogP contribution in [0.2, 0.25) is 0 Å². The number of carbonyl (C=O) groups excluding carboxylic acids is 1. The maximum atomic E-state index is 11.4. The Balaban J connectivity index is 2.35. The molecule has 0 spiro atoms. The van der Waals surface area contributed by atoms with Crippen molar-refractivity contribution in [2.45, 2.75) is 24.9 Å². The van der Waals surface area contributed by atoms with Gasteiger partial charge in [0, 0.05) is 22.2 Å². The average Bonchev–Trinajstić information content (AvgIpc) is 2.29. The van der Waals surface area contributed by atoms with Crippen LogP contribution in [0.15, 0.2) is 28.7 Å². The average molecular weight is 299 g/mol. The summed E-state index contributed by atoms with van der Waals surface area (Å²) in [6, 6.07) is 5.93. The van der Waals surface area contributed by atoms with Gasteiger partial charge in [0.1, 0.15) is 6.04 Å². The second-order valence-corrected chi connectivity index (χ2v) is 4.81. The Labute approximate surface area is 106 Å². The number of benzene rings is 1. The Hall–Kier alpha value is -1.43. The summed E-state index contributed by atoms with van der Waals surface area (Å²) >= 11 is 3.35. The fourth-order valence-electron chi connectivity index (χ4n) is 2.03. The number of rotatable bonds is 2. The molecule has 2 rings (SSSR count). The van der Waals surface area contributed by atoms with E-state index in [0.717, 1.165) is 10.0 Å². The molecule has 1 aromatic rings. The van der Waals surface area contributed by atoms with Crippen LogP contribution in [0.25, 0.3) is 0 Å². The minimum atomic E-state index is -0.758. The number of nitrogens with one attached hydrogen (secondary N) is 1. The van der Waals surface area contributed by atoms with Gasteiger partial charge in [-0.05, 0) is 11.6 Å². The zero-order valence-corrected chi connectivity index (χ0v) is 10.5. The van der Waals surface area contributed by atoms with Gasteiger partial charge >= 0.3 is 0 Å². The summed E-state index contributed by atoms with van der Waals surface area (Å²) in [6.45, 7) is 0. The van der Waals surface area contributed by atoms with Gasteiger partial charge in [0.15, 0.2) is 0 Å². The summed E-state index contributed by atoms with van der Waals surface area (Å²) in [6.07, 6.45) is 0.497. The summed E-state index contributed by atoms with van der Waals surface area (Å²) in [5.74, 6) is -0.135. The van der Waals surface area contributed by atoms with Gasteiger partial charge in [0.25, 0.3) is 0 Å². The Bertz CT molecular complexity index is 464. The molecule has 1 aliphatic rings. The van der Waals surface area contributed by atoms with Crippen molar-refractivity contribution in [1.82, 2.24) is 5.32 Å². The Morgan fingerprint density at radius 3 is 2.76 bits per heavy atom. The lowest BCUT2D eigenvalue weighted by Crippen LogP contribution is -2.45. The summed E-state index contributed by atoms with van der Waals surface area (Å²) in [5.41, 5.74) is 0.752. The second kappa shape index (κ2) is 4.83. The first kappa shape index (κ1) is 12.0. The quantitative estimate of drug-likeness (QED) is 0.671. The topological polar surface area (TPSA) is 72.2 Å². The fourth-order valence-corrected chi connectivity index (χ4v) is 2.56. The molecule has 0 bridgehead atoms. The molecule has 0 saturated carbocycles. The van der Waals surface area contributed by atoms with Crippen LogP contribution in [0, 0.1) is 10.1 Å². The van der Waals surface area contributed by atoms with Gasteiger partial charge in [0.2, 0.25) is 11.9 Å². The number of amides is 1. The summed E-state index contributed by atoms with van der Waals surface area (Å²) < 4.78 is 0.777. The van der Waals surface area contributed by atoms with Crippen LogP contribution in [0.1, 0.15) is 24.4 Å². The highest BCUT2D eigenvalue weighted by molar-refractivity contribution is 9.10. The molecule has 1 fully saturated rings. The number of nitrogens with zero attached hydrogens (tertiary/aromatic N) is 1. The Morgan fingerprint density at radius 2 is 2.12 bits per heavy atom. The standard InChI is InChI=1S/C11H11BrN2O3/c12-8-4-2-1-3-7(8)11-9(14(16)17)5-6-10(15)13-11/h1-4,9,11H,5-6H2,(H,13,15)/t9-,11+/m0/s1. The predicted octanol–water partition coefficient (Wildman–Crippen LogP) is 2.05. The largest absolute Gasteiger partial charge is 0.343 e. The van der Waals surface area contributed by atoms with E-state index in [1.807, 2.05) is 12.1 Å². The lowest BCUT2D eigenvalue weighted by Gasteiger charge is -2.27. The number of nitro groups is 1. The smallest absolute Gasteiger partial charge is 0.237 e. The lowest BCUT2D eigenvalue weighted by atomic mass is 9.92. The van der Waals surface area contributed by atoms with Crippen molar-refractivity contribution in [2.24, 2.45) is 0 Å². The molecular formula is C11H11BrN2O3. The van der Waals surface area contributed by atoms with Crippen molar-refractivity contribution in [1.29, 1.82) is 0 Å². The third-order valence-electron chi connectivity index (χ3n) is 2.88. The summed E-state index contributed by atoms with van der Waals surface area (Å²) in [4.78, 5) is 22.1. The maximum absolute atomic E-state index is 11.4. The van der Waals surface area contributed by atoms with Gasteiger partial charge in [-0.3, -0.25) is 14.9 Å². The van der Waals surface area contributed by atoms with Crippen LogP contribution in [0.3, 0.4) is 0 Å². The molecule has 0 unspecified atom stereocenters. The molecule has 1 aromatic carbocycles. The van der Waals surface area contributed by atoms with E-state index in [9.17, 15) is 14.9 Å². The van der Waals surface area contributed by atoms with Crippen LogP contribution in [-0.2, 0) is 4.79 Å². The predicted molar refractivity (Wildman–Crippen MR) is 65.0 cm³/mol. The number of hydrogen-bond donors (Lipinski definition) is 1. The molecule has 0 aliphatic carbocycles. The van der Waals surface area contributed by atoms with Crippen molar-refractivity contribution in [3.63, 3.8) is 0 Å². The summed E-state index contributed by atoms with van der Waals surface area (Å²) in [7, 11) is 0. The van der Waals surface area contributed by atoms with E-state index < -0.39 is 12.1 Å². The van der Waals surface area contributed by atoms with Crippen LogP contribution in [0.5, 0.6) is 0 Å². The van der Waals surface area contributed by atoms with Crippen molar-refractivity contribution < 1.29 is 9.72 Å². The highest BCUT2D eigenvalue weighted by atomic mass is 79.9. The minimum Gasteiger partial charge on any atom is -0.343 e. The molecule has 6 heteroatoms. The van der Waals surface area contributed by atoms with Gasteiger partial charge in [-0.2, -0.15) is 0 Å². The zero-order chi connectivity index (χ0) is 12.4. The van der Waals surface area contributed by atoms with E-state index >= 15 is 0 Å². The SMILES string of the molecule is O=C1CC[C@H]([N+](=O)[O-])[C@@H](c2ccccc2Br)N1. The monoisotopic (exact) mass is 298 g/mol. The normalized spacial score (nSPS) is 24.2. The van der Waals surface area contributed by atoms with Gasteiger partial charge in [0.05, 0.1) is 0 Å². The van der Waals surface area contributed by atoms with Crippen LogP contribution in [-0.4, -0.2) is 16.9 Å². The van der Waals surface area contributed by atoms with E-state index in [-0.39, 0.29) is 23.7 Å². The van der Waals surface area contributed by atoms with Crippen LogP contribution in [0.4, 0.5) is 0 Å². The molecule has 90 valence electrons. The Kier molecular flexibility index (Phi) is 3.42. The van der Waals surface area contributed by atoms with E-state index in [1.54, 1.807) is 12.1 Å². The fraction of sp³-hybridized carbons (Fsp3) is 0.364. The van der Waals surface area contributed by atoms with Crippen molar-refractivity contribution in [2.75, 3.05) is 0 Å². The number of hydrogen-bond acceptors (Lipinski definition) is 3. The van der Waals surface area contributed by atoms with Crippen molar-refractivity contribution >= 4 is 21.8 Å². The summed E-state index contributed by atoms with van der Waals surface area (Å²) in [5, 5.41) is 13.7. The maximum Gasteiger partial charge on any atom is 0.237 e. The molecule has 2 atom stereocenters. The highest BCUT2D eigenvalue weighted by Crippen LogP contribution is 2.30. The molecular weight excluding hydrogens is 288 g/mol. The molecule has 17 heavy (non-hydrogen) atoms. The molecule has 5 nitrogen and oxygen atoms in total. The molecule has 0 radical (unpaired) electrons. The first-order valence-electron chi connectivity index (χ1n) is 5.27. The van der Waals surface area contributed by atoms with E-state index in [4.69, 9.17) is 0 Å². The van der Waals surface area contributed by atoms with Crippen LogP contribution < -0.4 is 5.32 Å².